The first-order valence-corrected chi connectivity index (χ1v) is 13.7. The van der Waals surface area contributed by atoms with E-state index in [1.54, 1.807) is 0 Å². The van der Waals surface area contributed by atoms with Crippen molar-refractivity contribution >= 4 is 5.97 Å². The van der Waals surface area contributed by atoms with Gasteiger partial charge in [0, 0.05) is 18.2 Å². The minimum Gasteiger partial charge on any atom is -0.493 e. The van der Waals surface area contributed by atoms with Crippen molar-refractivity contribution in [2.24, 2.45) is 11.8 Å². The SMILES string of the molecule is CCCCCCCCCCC1CCC(COc2ccc(C(=O)Oc3cc(F)c(F)c(F)c3)c(F)c2)CC1. The van der Waals surface area contributed by atoms with Crippen molar-refractivity contribution in [2.75, 3.05) is 6.61 Å². The average Bonchev–Trinajstić information content (AvgIpc) is 2.88. The van der Waals surface area contributed by atoms with Crippen molar-refractivity contribution in [2.45, 2.75) is 90.4 Å². The number of unbranched alkanes of at least 4 members (excludes halogenated alkanes) is 7. The van der Waals surface area contributed by atoms with E-state index in [2.05, 4.69) is 6.92 Å². The summed E-state index contributed by atoms with van der Waals surface area (Å²) in [5.41, 5.74) is -0.418. The van der Waals surface area contributed by atoms with Crippen molar-refractivity contribution in [3.63, 3.8) is 0 Å². The number of hydrogen-bond donors (Lipinski definition) is 0. The highest BCUT2D eigenvalue weighted by Crippen LogP contribution is 2.33. The zero-order valence-corrected chi connectivity index (χ0v) is 21.7. The molecule has 3 nitrogen and oxygen atoms in total. The Balaban J connectivity index is 1.36. The summed E-state index contributed by atoms with van der Waals surface area (Å²) in [7, 11) is 0. The van der Waals surface area contributed by atoms with Gasteiger partial charge in [0.25, 0.3) is 0 Å². The third-order valence-electron chi connectivity index (χ3n) is 7.25. The molecular weight excluding hydrogens is 484 g/mol. The molecule has 2 aromatic rings. The molecule has 0 unspecified atom stereocenters. The maximum absolute atomic E-state index is 14.5. The monoisotopic (exact) mass is 522 g/mol. The number of rotatable bonds is 14. The molecule has 0 bridgehead atoms. The van der Waals surface area contributed by atoms with E-state index in [9.17, 15) is 22.4 Å². The Morgan fingerprint density at radius 1 is 0.757 bits per heavy atom. The van der Waals surface area contributed by atoms with E-state index in [0.29, 0.717) is 30.4 Å². The van der Waals surface area contributed by atoms with E-state index < -0.39 is 40.6 Å². The lowest BCUT2D eigenvalue weighted by Crippen LogP contribution is -2.20. The number of hydrogen-bond acceptors (Lipinski definition) is 3. The Bertz CT molecular complexity index is 979. The summed E-state index contributed by atoms with van der Waals surface area (Å²) in [4.78, 5) is 12.2. The van der Waals surface area contributed by atoms with E-state index >= 15 is 0 Å². The average molecular weight is 523 g/mol. The molecule has 0 amide bonds. The van der Waals surface area contributed by atoms with E-state index in [0.717, 1.165) is 24.8 Å². The van der Waals surface area contributed by atoms with Crippen molar-refractivity contribution in [1.29, 1.82) is 0 Å². The first-order valence-electron chi connectivity index (χ1n) is 13.7. The summed E-state index contributed by atoms with van der Waals surface area (Å²) in [6.07, 6.45) is 16.7. The first-order chi connectivity index (χ1) is 17.9. The van der Waals surface area contributed by atoms with Crippen LogP contribution < -0.4 is 9.47 Å². The van der Waals surface area contributed by atoms with E-state index in [1.807, 2.05) is 0 Å². The van der Waals surface area contributed by atoms with Crippen molar-refractivity contribution < 1.29 is 31.8 Å². The van der Waals surface area contributed by atoms with Crippen molar-refractivity contribution in [1.82, 2.24) is 0 Å². The van der Waals surface area contributed by atoms with Crippen LogP contribution in [0.25, 0.3) is 0 Å². The summed E-state index contributed by atoms with van der Waals surface area (Å²) < 4.78 is 64.8. The van der Waals surface area contributed by atoms with Gasteiger partial charge < -0.3 is 9.47 Å². The number of halogens is 4. The van der Waals surface area contributed by atoms with Crippen LogP contribution >= 0.6 is 0 Å². The second kappa shape index (κ2) is 15.0. The van der Waals surface area contributed by atoms with Crippen LogP contribution in [0.3, 0.4) is 0 Å². The van der Waals surface area contributed by atoms with Gasteiger partial charge in [0.05, 0.1) is 12.2 Å². The molecule has 0 saturated heterocycles. The largest absolute Gasteiger partial charge is 0.493 e. The first kappa shape index (κ1) is 29.0. The lowest BCUT2D eigenvalue weighted by atomic mass is 9.80. The molecule has 204 valence electrons. The van der Waals surface area contributed by atoms with Crippen LogP contribution in [0.4, 0.5) is 17.6 Å². The van der Waals surface area contributed by atoms with E-state index in [-0.39, 0.29) is 0 Å². The molecule has 0 spiro atoms. The molecular formula is C30H38F4O3. The molecule has 0 N–H and O–H groups in total. The lowest BCUT2D eigenvalue weighted by Gasteiger charge is -2.28. The van der Waals surface area contributed by atoms with Crippen molar-refractivity contribution in [3.8, 4) is 11.5 Å². The molecule has 0 aliphatic heterocycles. The number of ether oxygens (including phenoxy) is 2. The Kier molecular flexibility index (Phi) is 11.7. The molecule has 2 aromatic carbocycles. The quantitative estimate of drug-likeness (QED) is 0.0816. The highest BCUT2D eigenvalue weighted by atomic mass is 19.2. The highest BCUT2D eigenvalue weighted by molar-refractivity contribution is 5.91. The summed E-state index contributed by atoms with van der Waals surface area (Å²) >= 11 is 0. The number of benzene rings is 2. The normalized spacial score (nSPS) is 17.5. The molecule has 0 aromatic heterocycles. The fourth-order valence-electron chi connectivity index (χ4n) is 4.97. The van der Waals surface area contributed by atoms with Gasteiger partial charge in [-0.1, -0.05) is 77.6 Å². The van der Waals surface area contributed by atoms with Crippen LogP contribution in [0.1, 0.15) is 101 Å². The van der Waals surface area contributed by atoms with Crippen LogP contribution in [0, 0.1) is 35.1 Å². The van der Waals surface area contributed by atoms with E-state index in [1.165, 1.54) is 82.8 Å². The van der Waals surface area contributed by atoms with Crippen LogP contribution in [-0.4, -0.2) is 12.6 Å². The Hall–Kier alpha value is -2.57. The van der Waals surface area contributed by atoms with Crippen LogP contribution in [0.15, 0.2) is 30.3 Å². The lowest BCUT2D eigenvalue weighted by molar-refractivity contribution is 0.0728. The standard InChI is InChI=1S/C30H38F4O3/c1-2-3-4-5-6-7-8-9-10-21-11-13-22(14-12-21)20-36-23-15-16-25(26(31)17-23)30(35)37-24-18-27(32)29(34)28(33)19-24/h15-19,21-22H,2-14,20H2,1H3. The van der Waals surface area contributed by atoms with Gasteiger partial charge in [0.2, 0.25) is 0 Å². The second-order valence-corrected chi connectivity index (χ2v) is 10.2. The van der Waals surface area contributed by atoms with Gasteiger partial charge in [-0.3, -0.25) is 0 Å². The molecule has 7 heteroatoms. The highest BCUT2D eigenvalue weighted by Gasteiger charge is 2.22. The van der Waals surface area contributed by atoms with Crippen LogP contribution in [0.2, 0.25) is 0 Å². The number of esters is 1. The van der Waals surface area contributed by atoms with Gasteiger partial charge in [-0.15, -0.1) is 0 Å². The maximum atomic E-state index is 14.5. The Morgan fingerprint density at radius 2 is 1.32 bits per heavy atom. The summed E-state index contributed by atoms with van der Waals surface area (Å²) in [5, 5.41) is 0. The zero-order chi connectivity index (χ0) is 26.6. The van der Waals surface area contributed by atoms with Gasteiger partial charge >= 0.3 is 5.97 Å². The molecule has 1 aliphatic rings. The summed E-state index contributed by atoms with van der Waals surface area (Å²) in [6, 6.07) is 4.80. The smallest absolute Gasteiger partial charge is 0.346 e. The second-order valence-electron chi connectivity index (χ2n) is 10.2. The Morgan fingerprint density at radius 3 is 1.95 bits per heavy atom. The minimum absolute atomic E-state index is 0.300. The molecule has 1 saturated carbocycles. The third-order valence-corrected chi connectivity index (χ3v) is 7.25. The third kappa shape index (κ3) is 9.35. The molecule has 37 heavy (non-hydrogen) atoms. The topological polar surface area (TPSA) is 35.5 Å². The van der Waals surface area contributed by atoms with Crippen LogP contribution in [0.5, 0.6) is 11.5 Å². The fourth-order valence-corrected chi connectivity index (χ4v) is 4.97. The molecule has 0 radical (unpaired) electrons. The predicted octanol–water partition coefficient (Wildman–Crippen LogP) is 9.18. The number of carbonyl (C=O) groups is 1. The van der Waals surface area contributed by atoms with Gasteiger partial charge in [0.1, 0.15) is 17.3 Å². The van der Waals surface area contributed by atoms with Gasteiger partial charge in [-0.2, -0.15) is 0 Å². The van der Waals surface area contributed by atoms with Gasteiger partial charge in [0.15, 0.2) is 17.5 Å². The molecule has 0 heterocycles. The minimum atomic E-state index is -1.68. The predicted molar refractivity (Wildman–Crippen MR) is 136 cm³/mol. The molecule has 1 aliphatic carbocycles. The van der Waals surface area contributed by atoms with Gasteiger partial charge in [-0.05, 0) is 36.8 Å². The summed E-state index contributed by atoms with van der Waals surface area (Å²) in [6.45, 7) is 2.73. The van der Waals surface area contributed by atoms with Crippen molar-refractivity contribution in [3.05, 3.63) is 59.2 Å². The van der Waals surface area contributed by atoms with Gasteiger partial charge in [-0.25, -0.2) is 22.4 Å². The van der Waals surface area contributed by atoms with E-state index in [4.69, 9.17) is 9.47 Å². The zero-order valence-electron chi connectivity index (χ0n) is 21.7. The van der Waals surface area contributed by atoms with Crippen LogP contribution in [-0.2, 0) is 0 Å². The summed E-state index contributed by atoms with van der Waals surface area (Å²) in [5.74, 6) is -5.75. The maximum Gasteiger partial charge on any atom is 0.346 e. The fraction of sp³-hybridized carbons (Fsp3) is 0.567. The number of carbonyl (C=O) groups excluding carboxylic acids is 1. The molecule has 3 rings (SSSR count). The molecule has 0 atom stereocenters. The Labute approximate surface area is 217 Å². The molecule has 1 fully saturated rings.